The van der Waals surface area contributed by atoms with Gasteiger partial charge in [-0.1, -0.05) is 12.1 Å². The highest BCUT2D eigenvalue weighted by molar-refractivity contribution is 5.73. The van der Waals surface area contributed by atoms with Crippen molar-refractivity contribution in [3.05, 3.63) is 40.3 Å². The highest BCUT2D eigenvalue weighted by atomic mass is 16.3. The minimum atomic E-state index is -0.389. The summed E-state index contributed by atoms with van der Waals surface area (Å²) in [6.45, 7) is 4.26. The summed E-state index contributed by atoms with van der Waals surface area (Å²) in [5.74, 6) is 0. The third kappa shape index (κ3) is 2.83. The fourth-order valence-electron chi connectivity index (χ4n) is 1.73. The van der Waals surface area contributed by atoms with Crippen molar-refractivity contribution in [3.8, 4) is 0 Å². The van der Waals surface area contributed by atoms with Gasteiger partial charge >= 0.3 is 0 Å². The van der Waals surface area contributed by atoms with E-state index in [1.807, 2.05) is 50.1 Å². The quantitative estimate of drug-likeness (QED) is 0.865. The molecule has 0 aliphatic rings. The lowest BCUT2D eigenvalue weighted by Gasteiger charge is -2.33. The molecule has 0 aliphatic heterocycles. The molecule has 0 unspecified atom stereocenters. The fourth-order valence-corrected chi connectivity index (χ4v) is 1.73. The molecule has 19 heavy (non-hydrogen) atoms. The first-order valence-corrected chi connectivity index (χ1v) is 6.24. The van der Waals surface area contributed by atoms with Crippen molar-refractivity contribution in [2.45, 2.75) is 25.9 Å². The van der Waals surface area contributed by atoms with Crippen LogP contribution in [0.2, 0.25) is 0 Å². The first-order valence-electron chi connectivity index (χ1n) is 6.24. The second-order valence-electron chi connectivity index (χ2n) is 5.36. The number of aliphatic hydroxyl groups is 1. The number of nitrogens with one attached hydrogen (secondary N) is 1. The standard InChI is InChI=1S/C14H19N3O2/c1-14(2,9-18)17(3)8-12-13(19)16-11-7-5-4-6-10(11)15-12/h4-7,18H,8-9H2,1-3H3,(H,16,19). The van der Waals surface area contributed by atoms with Gasteiger partial charge in [0.2, 0.25) is 0 Å². The van der Waals surface area contributed by atoms with E-state index in [9.17, 15) is 9.90 Å². The summed E-state index contributed by atoms with van der Waals surface area (Å²) < 4.78 is 0. The Kier molecular flexibility index (Phi) is 3.68. The van der Waals surface area contributed by atoms with Gasteiger partial charge in [-0.25, -0.2) is 4.98 Å². The number of aromatic amines is 1. The second kappa shape index (κ2) is 5.11. The average Bonchev–Trinajstić information content (AvgIpc) is 2.39. The van der Waals surface area contributed by atoms with Gasteiger partial charge in [0, 0.05) is 12.1 Å². The Labute approximate surface area is 111 Å². The number of H-pyrrole nitrogens is 1. The van der Waals surface area contributed by atoms with Gasteiger partial charge in [0.05, 0.1) is 17.6 Å². The van der Waals surface area contributed by atoms with Crippen LogP contribution in [0.5, 0.6) is 0 Å². The lowest BCUT2D eigenvalue weighted by Crippen LogP contribution is -2.44. The van der Waals surface area contributed by atoms with Crippen LogP contribution in [0.4, 0.5) is 0 Å². The highest BCUT2D eigenvalue weighted by Gasteiger charge is 2.23. The first kappa shape index (κ1) is 13.7. The lowest BCUT2D eigenvalue weighted by molar-refractivity contribution is 0.0722. The molecule has 0 amide bonds. The summed E-state index contributed by atoms with van der Waals surface area (Å²) in [5, 5.41) is 9.34. The van der Waals surface area contributed by atoms with Crippen LogP contribution in [-0.4, -0.2) is 39.2 Å². The Morgan fingerprint density at radius 1 is 1.37 bits per heavy atom. The van der Waals surface area contributed by atoms with Crippen LogP contribution in [0.15, 0.2) is 29.1 Å². The monoisotopic (exact) mass is 261 g/mol. The maximum atomic E-state index is 12.0. The summed E-state index contributed by atoms with van der Waals surface area (Å²) in [6, 6.07) is 7.44. The number of aromatic nitrogens is 2. The molecule has 1 aromatic heterocycles. The topological polar surface area (TPSA) is 69.2 Å². The number of hydrogen-bond donors (Lipinski definition) is 2. The van der Waals surface area contributed by atoms with Crippen molar-refractivity contribution in [1.29, 1.82) is 0 Å². The number of hydrogen-bond acceptors (Lipinski definition) is 4. The maximum absolute atomic E-state index is 12.0. The van der Waals surface area contributed by atoms with Crippen LogP contribution in [0.1, 0.15) is 19.5 Å². The van der Waals surface area contributed by atoms with Gasteiger partial charge in [0.15, 0.2) is 0 Å². The summed E-state index contributed by atoms with van der Waals surface area (Å²) >= 11 is 0. The van der Waals surface area contributed by atoms with Gasteiger partial charge in [-0.15, -0.1) is 0 Å². The Hall–Kier alpha value is -1.72. The zero-order valence-corrected chi connectivity index (χ0v) is 11.5. The van der Waals surface area contributed by atoms with Gasteiger partial charge in [-0.05, 0) is 33.0 Å². The minimum absolute atomic E-state index is 0.0228. The van der Waals surface area contributed by atoms with Crippen molar-refractivity contribution in [3.63, 3.8) is 0 Å². The van der Waals surface area contributed by atoms with E-state index < -0.39 is 0 Å². The molecule has 0 aliphatic carbocycles. The third-order valence-electron chi connectivity index (χ3n) is 3.48. The van der Waals surface area contributed by atoms with Crippen molar-refractivity contribution >= 4 is 11.0 Å². The summed E-state index contributed by atoms with van der Waals surface area (Å²) in [7, 11) is 1.87. The Morgan fingerprint density at radius 3 is 2.74 bits per heavy atom. The molecule has 0 saturated heterocycles. The minimum Gasteiger partial charge on any atom is -0.394 e. The van der Waals surface area contributed by atoms with Gasteiger partial charge in [0.25, 0.3) is 5.56 Å². The van der Waals surface area contributed by atoms with Crippen LogP contribution >= 0.6 is 0 Å². The van der Waals surface area contributed by atoms with E-state index in [0.717, 1.165) is 11.0 Å². The molecule has 2 aromatic rings. The number of rotatable bonds is 4. The normalized spacial score (nSPS) is 12.3. The molecule has 0 spiro atoms. The van der Waals surface area contributed by atoms with Crippen molar-refractivity contribution in [2.24, 2.45) is 0 Å². The van der Waals surface area contributed by atoms with Gasteiger partial charge in [0.1, 0.15) is 5.69 Å². The number of aliphatic hydroxyl groups excluding tert-OH is 1. The number of likely N-dealkylation sites (N-methyl/N-ethyl adjacent to an activating group) is 1. The summed E-state index contributed by atoms with van der Waals surface area (Å²) in [4.78, 5) is 21.1. The number of para-hydroxylation sites is 2. The lowest BCUT2D eigenvalue weighted by atomic mass is 10.1. The molecule has 1 heterocycles. The summed E-state index contributed by atoms with van der Waals surface area (Å²) in [5.41, 5.74) is 1.40. The number of nitrogens with zero attached hydrogens (tertiary/aromatic N) is 2. The predicted octanol–water partition coefficient (Wildman–Crippen LogP) is 1.13. The van der Waals surface area contributed by atoms with Gasteiger partial charge in [-0.3, -0.25) is 9.69 Å². The second-order valence-corrected chi connectivity index (χ2v) is 5.36. The predicted molar refractivity (Wildman–Crippen MR) is 75.0 cm³/mol. The highest BCUT2D eigenvalue weighted by Crippen LogP contribution is 2.14. The van der Waals surface area contributed by atoms with Crippen LogP contribution < -0.4 is 5.56 Å². The van der Waals surface area contributed by atoms with E-state index in [-0.39, 0.29) is 17.7 Å². The van der Waals surface area contributed by atoms with Crippen LogP contribution in [0.3, 0.4) is 0 Å². The molecule has 1 aromatic carbocycles. The number of fused-ring (bicyclic) bond motifs is 1. The van der Waals surface area contributed by atoms with Crippen LogP contribution in [0.25, 0.3) is 11.0 Å². The molecular weight excluding hydrogens is 242 g/mol. The molecule has 5 nitrogen and oxygen atoms in total. The molecule has 102 valence electrons. The SMILES string of the molecule is CN(Cc1nc2ccccc2[nH]c1=O)C(C)(C)CO. The van der Waals surface area contributed by atoms with E-state index in [1.165, 1.54) is 0 Å². The molecular formula is C14H19N3O2. The van der Waals surface area contributed by atoms with Crippen molar-refractivity contribution in [2.75, 3.05) is 13.7 Å². The molecule has 0 bridgehead atoms. The van der Waals surface area contributed by atoms with E-state index in [2.05, 4.69) is 9.97 Å². The van der Waals surface area contributed by atoms with E-state index in [1.54, 1.807) is 0 Å². The molecule has 2 N–H and O–H groups in total. The summed E-state index contributed by atoms with van der Waals surface area (Å²) in [6.07, 6.45) is 0. The van der Waals surface area contributed by atoms with Gasteiger partial charge < -0.3 is 10.1 Å². The Morgan fingerprint density at radius 2 is 2.05 bits per heavy atom. The smallest absolute Gasteiger partial charge is 0.271 e. The molecule has 0 fully saturated rings. The van der Waals surface area contributed by atoms with E-state index in [4.69, 9.17) is 0 Å². The zero-order valence-electron chi connectivity index (χ0n) is 11.5. The van der Waals surface area contributed by atoms with Gasteiger partial charge in [-0.2, -0.15) is 0 Å². The Bertz CT molecular complexity index is 634. The third-order valence-corrected chi connectivity index (χ3v) is 3.48. The van der Waals surface area contributed by atoms with Crippen molar-refractivity contribution < 1.29 is 5.11 Å². The fraction of sp³-hybridized carbons (Fsp3) is 0.429. The zero-order chi connectivity index (χ0) is 14.0. The molecule has 0 saturated carbocycles. The first-order chi connectivity index (χ1) is 8.94. The number of benzene rings is 1. The maximum Gasteiger partial charge on any atom is 0.271 e. The average molecular weight is 261 g/mol. The van der Waals surface area contributed by atoms with Crippen molar-refractivity contribution in [1.82, 2.24) is 14.9 Å². The Balaban J connectivity index is 2.36. The molecule has 5 heteroatoms. The largest absolute Gasteiger partial charge is 0.394 e. The van der Waals surface area contributed by atoms with Crippen LogP contribution in [0, 0.1) is 0 Å². The van der Waals surface area contributed by atoms with Crippen LogP contribution in [-0.2, 0) is 6.54 Å². The molecule has 0 radical (unpaired) electrons. The van der Waals surface area contributed by atoms with E-state index in [0.29, 0.717) is 12.2 Å². The van der Waals surface area contributed by atoms with E-state index >= 15 is 0 Å². The molecule has 0 atom stereocenters. The molecule has 2 rings (SSSR count).